The summed E-state index contributed by atoms with van der Waals surface area (Å²) in [5.41, 5.74) is 6.16. The number of fused-ring (bicyclic) bond motifs is 1. The maximum Gasteiger partial charge on any atom is 0.271 e. The molecule has 0 spiro atoms. The first-order valence-corrected chi connectivity index (χ1v) is 11.0. The molecular formula is C27H24ClN3O2. The molecule has 0 aliphatic heterocycles. The molecule has 0 heterocycles. The standard InChI is InChI=1S/C27H24ClN3O2/c1-18(19-7-3-2-4-8-19)29-16-21-11-12-22(24-10-6-5-9-23(21)24)17-30-31-27(33)20-13-14-26(32)25(28)15-20/h2-15,17-18,29,32H,16H2,1H3,(H,31,33)/b30-17+. The van der Waals surface area contributed by atoms with Crippen LogP contribution in [0, 0.1) is 0 Å². The van der Waals surface area contributed by atoms with Crippen molar-refractivity contribution < 1.29 is 9.90 Å². The maximum atomic E-state index is 12.3. The van der Waals surface area contributed by atoms with Gasteiger partial charge in [-0.25, -0.2) is 5.43 Å². The Hall–Kier alpha value is -3.67. The van der Waals surface area contributed by atoms with E-state index >= 15 is 0 Å². The quantitative estimate of drug-likeness (QED) is 0.242. The highest BCUT2D eigenvalue weighted by molar-refractivity contribution is 6.32. The third-order valence-corrected chi connectivity index (χ3v) is 5.83. The summed E-state index contributed by atoms with van der Waals surface area (Å²) < 4.78 is 0. The molecule has 0 saturated carbocycles. The molecule has 5 nitrogen and oxygen atoms in total. The third-order valence-electron chi connectivity index (χ3n) is 5.53. The molecule has 4 aromatic rings. The van der Waals surface area contributed by atoms with Crippen LogP contribution in [-0.4, -0.2) is 17.2 Å². The first kappa shape index (κ1) is 22.5. The van der Waals surface area contributed by atoms with Crippen molar-refractivity contribution in [1.29, 1.82) is 0 Å². The minimum atomic E-state index is -0.409. The summed E-state index contributed by atoms with van der Waals surface area (Å²) >= 11 is 5.87. The Kier molecular flexibility index (Phi) is 7.03. The summed E-state index contributed by atoms with van der Waals surface area (Å²) in [5, 5.41) is 19.5. The monoisotopic (exact) mass is 457 g/mol. The predicted molar refractivity (Wildman–Crippen MR) is 134 cm³/mol. The van der Waals surface area contributed by atoms with E-state index in [0.717, 1.165) is 22.9 Å². The average Bonchev–Trinajstić information content (AvgIpc) is 2.85. The molecule has 0 aromatic heterocycles. The van der Waals surface area contributed by atoms with E-state index in [4.69, 9.17) is 11.6 Å². The number of phenols is 1. The summed E-state index contributed by atoms with van der Waals surface area (Å²) in [7, 11) is 0. The molecule has 166 valence electrons. The zero-order valence-corrected chi connectivity index (χ0v) is 18.9. The van der Waals surface area contributed by atoms with Gasteiger partial charge in [0.2, 0.25) is 0 Å². The van der Waals surface area contributed by atoms with E-state index < -0.39 is 5.91 Å². The van der Waals surface area contributed by atoms with Crippen molar-refractivity contribution in [2.45, 2.75) is 19.5 Å². The summed E-state index contributed by atoms with van der Waals surface area (Å²) in [4.78, 5) is 12.3. The highest BCUT2D eigenvalue weighted by Crippen LogP contribution is 2.24. The van der Waals surface area contributed by atoms with Crippen LogP contribution in [0.25, 0.3) is 10.8 Å². The maximum absolute atomic E-state index is 12.3. The van der Waals surface area contributed by atoms with Crippen LogP contribution in [0.3, 0.4) is 0 Å². The molecule has 3 N–H and O–H groups in total. The molecule has 33 heavy (non-hydrogen) atoms. The Bertz CT molecular complexity index is 1310. The zero-order chi connectivity index (χ0) is 23.2. The smallest absolute Gasteiger partial charge is 0.271 e. The van der Waals surface area contributed by atoms with Gasteiger partial charge in [-0.3, -0.25) is 4.79 Å². The summed E-state index contributed by atoms with van der Waals surface area (Å²) in [6, 6.07) is 27.1. The minimum Gasteiger partial charge on any atom is -0.506 e. The molecule has 0 aliphatic carbocycles. The number of nitrogens with one attached hydrogen (secondary N) is 2. The van der Waals surface area contributed by atoms with Crippen molar-refractivity contribution >= 4 is 34.5 Å². The van der Waals surface area contributed by atoms with E-state index in [-0.39, 0.29) is 16.8 Å². The fourth-order valence-electron chi connectivity index (χ4n) is 3.65. The topological polar surface area (TPSA) is 73.7 Å². The van der Waals surface area contributed by atoms with E-state index in [1.54, 1.807) is 6.21 Å². The molecule has 4 rings (SSSR count). The molecule has 0 bridgehead atoms. The minimum absolute atomic E-state index is 0.0732. The molecule has 4 aromatic carbocycles. The molecule has 1 atom stereocenters. The number of rotatable bonds is 7. The fourth-order valence-corrected chi connectivity index (χ4v) is 3.83. The summed E-state index contributed by atoms with van der Waals surface area (Å²) in [6.45, 7) is 2.88. The molecule has 0 fully saturated rings. The summed E-state index contributed by atoms with van der Waals surface area (Å²) in [6.07, 6.45) is 1.63. The average molecular weight is 458 g/mol. The van der Waals surface area contributed by atoms with E-state index in [2.05, 4.69) is 47.0 Å². The van der Waals surface area contributed by atoms with Gasteiger partial charge in [-0.2, -0.15) is 5.10 Å². The van der Waals surface area contributed by atoms with Crippen molar-refractivity contribution in [2.75, 3.05) is 0 Å². The van der Waals surface area contributed by atoms with E-state index in [0.29, 0.717) is 5.56 Å². The van der Waals surface area contributed by atoms with Gasteiger partial charge in [-0.05, 0) is 47.0 Å². The number of halogens is 1. The van der Waals surface area contributed by atoms with Crippen LogP contribution in [0.5, 0.6) is 5.75 Å². The second-order valence-electron chi connectivity index (χ2n) is 7.74. The number of carbonyl (C=O) groups excluding carboxylic acids is 1. The predicted octanol–water partition coefficient (Wildman–Crippen LogP) is 5.81. The van der Waals surface area contributed by atoms with Crippen LogP contribution in [-0.2, 0) is 6.54 Å². The number of benzene rings is 4. The highest BCUT2D eigenvalue weighted by Gasteiger charge is 2.09. The number of phenolic OH excluding ortho intramolecular Hbond substituents is 1. The molecule has 0 aliphatic rings. The molecule has 1 amide bonds. The Morgan fingerprint density at radius 1 is 1.00 bits per heavy atom. The summed E-state index contributed by atoms with van der Waals surface area (Å²) in [5.74, 6) is -0.482. The lowest BCUT2D eigenvalue weighted by molar-refractivity contribution is 0.0955. The van der Waals surface area contributed by atoms with Crippen molar-refractivity contribution in [3.63, 3.8) is 0 Å². The molecule has 0 radical (unpaired) electrons. The van der Waals surface area contributed by atoms with Gasteiger partial charge in [0.05, 0.1) is 11.2 Å². The number of carbonyl (C=O) groups is 1. The second-order valence-corrected chi connectivity index (χ2v) is 8.15. The van der Waals surface area contributed by atoms with E-state index in [1.165, 1.54) is 29.3 Å². The fraction of sp³-hybridized carbons (Fsp3) is 0.111. The van der Waals surface area contributed by atoms with E-state index in [1.807, 2.05) is 42.5 Å². The van der Waals surface area contributed by atoms with E-state index in [9.17, 15) is 9.90 Å². The van der Waals surface area contributed by atoms with Crippen molar-refractivity contribution in [3.8, 4) is 5.75 Å². The van der Waals surface area contributed by atoms with Gasteiger partial charge in [-0.15, -0.1) is 0 Å². The van der Waals surface area contributed by atoms with Crippen LogP contribution in [0.1, 0.15) is 40.0 Å². The first-order valence-electron chi connectivity index (χ1n) is 10.6. The lowest BCUT2D eigenvalue weighted by atomic mass is 9.99. The highest BCUT2D eigenvalue weighted by atomic mass is 35.5. The Balaban J connectivity index is 1.49. The van der Waals surface area contributed by atoms with Gasteiger partial charge in [0, 0.05) is 23.7 Å². The Morgan fingerprint density at radius 2 is 1.73 bits per heavy atom. The zero-order valence-electron chi connectivity index (χ0n) is 18.1. The first-order chi connectivity index (χ1) is 16.0. The van der Waals surface area contributed by atoms with Gasteiger partial charge in [0.25, 0.3) is 5.91 Å². The Morgan fingerprint density at radius 3 is 2.48 bits per heavy atom. The Labute approximate surface area is 197 Å². The van der Waals surface area contributed by atoms with Gasteiger partial charge in [-0.1, -0.05) is 78.3 Å². The van der Waals surface area contributed by atoms with Gasteiger partial charge in [0.15, 0.2) is 0 Å². The normalized spacial score (nSPS) is 12.2. The molecule has 6 heteroatoms. The lowest BCUT2D eigenvalue weighted by Gasteiger charge is -2.16. The van der Waals surface area contributed by atoms with Gasteiger partial charge < -0.3 is 10.4 Å². The van der Waals surface area contributed by atoms with Crippen LogP contribution in [0.15, 0.2) is 90.0 Å². The number of hydrogen-bond donors (Lipinski definition) is 3. The molecular weight excluding hydrogens is 434 g/mol. The molecule has 0 saturated heterocycles. The second kappa shape index (κ2) is 10.3. The number of aromatic hydroxyl groups is 1. The lowest BCUT2D eigenvalue weighted by Crippen LogP contribution is -2.18. The van der Waals surface area contributed by atoms with Crippen molar-refractivity contribution in [2.24, 2.45) is 5.10 Å². The van der Waals surface area contributed by atoms with Crippen LogP contribution in [0.4, 0.5) is 0 Å². The van der Waals surface area contributed by atoms with Crippen LogP contribution >= 0.6 is 11.6 Å². The number of hydrazone groups is 1. The third kappa shape index (κ3) is 5.40. The van der Waals surface area contributed by atoms with Crippen LogP contribution < -0.4 is 10.7 Å². The number of hydrogen-bond acceptors (Lipinski definition) is 4. The SMILES string of the molecule is CC(NCc1ccc(/C=N/NC(=O)c2ccc(O)c(Cl)c2)c2ccccc12)c1ccccc1. The largest absolute Gasteiger partial charge is 0.506 e. The van der Waals surface area contributed by atoms with Crippen molar-refractivity contribution in [1.82, 2.24) is 10.7 Å². The number of nitrogens with zero attached hydrogens (tertiary/aromatic N) is 1. The van der Waals surface area contributed by atoms with Crippen LogP contribution in [0.2, 0.25) is 5.02 Å². The van der Waals surface area contributed by atoms with Gasteiger partial charge >= 0.3 is 0 Å². The van der Waals surface area contributed by atoms with Gasteiger partial charge in [0.1, 0.15) is 5.75 Å². The molecule has 1 unspecified atom stereocenters. The van der Waals surface area contributed by atoms with Crippen molar-refractivity contribution in [3.05, 3.63) is 112 Å². The number of amides is 1.